The molecule has 1 aliphatic rings. The van der Waals surface area contributed by atoms with Gasteiger partial charge in [-0.05, 0) is 0 Å². The van der Waals surface area contributed by atoms with Crippen molar-refractivity contribution in [1.82, 2.24) is 24.5 Å². The van der Waals surface area contributed by atoms with Gasteiger partial charge < -0.3 is 20.1 Å². The molecule has 0 aromatic carbocycles. The number of aliphatic hydroxyl groups excluding tert-OH is 3. The predicted molar refractivity (Wildman–Crippen MR) is 73.3 cm³/mol. The third kappa shape index (κ3) is 2.70. The second-order valence-electron chi connectivity index (χ2n) is 5.09. The fourth-order valence-electron chi connectivity index (χ4n) is 2.56. The number of hydrogen-bond acceptors (Lipinski definition) is 8. The SMILES string of the molecule is O=c1ccn([C@@H]2O[C@H](CO)[C@@H](O)[C@H]2n2cc(CO)nn2)c(=O)[nH]1. The fourth-order valence-corrected chi connectivity index (χ4v) is 2.56. The molecule has 124 valence electrons. The van der Waals surface area contributed by atoms with Crippen molar-refractivity contribution in [3.63, 3.8) is 0 Å². The molecule has 0 unspecified atom stereocenters. The maximum absolute atomic E-state index is 12.0. The van der Waals surface area contributed by atoms with E-state index in [1.807, 2.05) is 0 Å². The Labute approximate surface area is 128 Å². The molecule has 11 heteroatoms. The monoisotopic (exact) mass is 325 g/mol. The zero-order valence-electron chi connectivity index (χ0n) is 11.8. The number of ether oxygens (including phenoxy) is 1. The first-order valence-corrected chi connectivity index (χ1v) is 6.82. The quantitative estimate of drug-likeness (QED) is 0.467. The van der Waals surface area contributed by atoms with Gasteiger partial charge in [-0.2, -0.15) is 0 Å². The van der Waals surface area contributed by atoms with E-state index in [2.05, 4.69) is 15.3 Å². The van der Waals surface area contributed by atoms with Crippen molar-refractivity contribution in [3.8, 4) is 0 Å². The Morgan fingerprint density at radius 1 is 1.35 bits per heavy atom. The first kappa shape index (κ1) is 15.6. The molecule has 3 heterocycles. The highest BCUT2D eigenvalue weighted by Crippen LogP contribution is 2.37. The van der Waals surface area contributed by atoms with E-state index in [0.29, 0.717) is 0 Å². The highest BCUT2D eigenvalue weighted by molar-refractivity contribution is 4.99. The van der Waals surface area contributed by atoms with E-state index < -0.39 is 42.3 Å². The van der Waals surface area contributed by atoms with E-state index in [1.165, 1.54) is 17.1 Å². The first-order valence-electron chi connectivity index (χ1n) is 6.82. The van der Waals surface area contributed by atoms with Gasteiger partial charge in [-0.3, -0.25) is 14.3 Å². The lowest BCUT2D eigenvalue weighted by atomic mass is 10.1. The maximum atomic E-state index is 12.0. The molecule has 0 saturated carbocycles. The summed E-state index contributed by atoms with van der Waals surface area (Å²) < 4.78 is 7.88. The molecule has 11 nitrogen and oxygen atoms in total. The molecule has 0 amide bonds. The molecule has 1 fully saturated rings. The number of aromatic nitrogens is 5. The van der Waals surface area contributed by atoms with Crippen LogP contribution in [0, 0.1) is 0 Å². The van der Waals surface area contributed by atoms with Crippen molar-refractivity contribution in [2.24, 2.45) is 0 Å². The molecule has 4 atom stereocenters. The summed E-state index contributed by atoms with van der Waals surface area (Å²) in [5.41, 5.74) is -1.01. The molecule has 0 radical (unpaired) electrons. The summed E-state index contributed by atoms with van der Waals surface area (Å²) in [6.07, 6.45) is -0.488. The van der Waals surface area contributed by atoms with Crippen LogP contribution in [0.3, 0.4) is 0 Å². The van der Waals surface area contributed by atoms with Crippen LogP contribution >= 0.6 is 0 Å². The van der Waals surface area contributed by atoms with Gasteiger partial charge in [-0.15, -0.1) is 5.10 Å². The summed E-state index contributed by atoms with van der Waals surface area (Å²) in [6, 6.07) is 0.268. The minimum absolute atomic E-state index is 0.275. The third-order valence-corrected chi connectivity index (χ3v) is 3.67. The van der Waals surface area contributed by atoms with Crippen LogP contribution in [0.15, 0.2) is 28.0 Å². The van der Waals surface area contributed by atoms with Crippen molar-refractivity contribution >= 4 is 0 Å². The Bertz CT molecular complexity index is 797. The van der Waals surface area contributed by atoms with Gasteiger partial charge in [-0.1, -0.05) is 5.21 Å². The molecular formula is C12H15N5O6. The van der Waals surface area contributed by atoms with Crippen molar-refractivity contribution in [2.45, 2.75) is 31.1 Å². The van der Waals surface area contributed by atoms with E-state index >= 15 is 0 Å². The van der Waals surface area contributed by atoms with Crippen LogP contribution in [-0.4, -0.2) is 58.7 Å². The van der Waals surface area contributed by atoms with Gasteiger partial charge in [0.05, 0.1) is 19.4 Å². The molecule has 2 aromatic heterocycles. The number of rotatable bonds is 4. The van der Waals surface area contributed by atoms with Crippen LogP contribution < -0.4 is 11.2 Å². The minimum Gasteiger partial charge on any atom is -0.394 e. The Kier molecular flexibility index (Phi) is 4.09. The highest BCUT2D eigenvalue weighted by Gasteiger charge is 2.46. The smallest absolute Gasteiger partial charge is 0.330 e. The number of aliphatic hydroxyl groups is 3. The molecule has 23 heavy (non-hydrogen) atoms. The third-order valence-electron chi connectivity index (χ3n) is 3.67. The zero-order chi connectivity index (χ0) is 16.6. The van der Waals surface area contributed by atoms with E-state index in [-0.39, 0.29) is 12.3 Å². The van der Waals surface area contributed by atoms with Gasteiger partial charge in [0.15, 0.2) is 6.23 Å². The standard InChI is InChI=1S/C12H15N5O6/c18-4-6-3-17(15-14-6)9-10(21)7(5-19)23-11(9)16-2-1-8(20)13-12(16)22/h1-3,7,9-11,18-19,21H,4-5H2,(H,13,20,22)/t7-,9-,10-,11-/m1/s1. The number of nitrogens with zero attached hydrogens (tertiary/aromatic N) is 4. The van der Waals surface area contributed by atoms with Crippen molar-refractivity contribution in [2.75, 3.05) is 6.61 Å². The molecule has 0 spiro atoms. The Morgan fingerprint density at radius 3 is 2.74 bits per heavy atom. The van der Waals surface area contributed by atoms with Gasteiger partial charge in [0.25, 0.3) is 5.56 Å². The first-order chi connectivity index (χ1) is 11.0. The molecule has 2 aromatic rings. The van der Waals surface area contributed by atoms with Crippen LogP contribution in [0.1, 0.15) is 18.0 Å². The molecule has 4 N–H and O–H groups in total. The molecule has 1 saturated heterocycles. The van der Waals surface area contributed by atoms with E-state index in [9.17, 15) is 19.8 Å². The second kappa shape index (κ2) is 6.04. The van der Waals surface area contributed by atoms with E-state index in [1.54, 1.807) is 0 Å². The number of aromatic amines is 1. The average molecular weight is 325 g/mol. The second-order valence-corrected chi connectivity index (χ2v) is 5.09. The number of nitrogens with one attached hydrogen (secondary N) is 1. The molecule has 0 aliphatic carbocycles. The Hall–Kier alpha value is -2.34. The van der Waals surface area contributed by atoms with Crippen LogP contribution in [-0.2, 0) is 11.3 Å². The van der Waals surface area contributed by atoms with Crippen LogP contribution in [0.4, 0.5) is 0 Å². The van der Waals surface area contributed by atoms with Crippen molar-refractivity contribution < 1.29 is 20.1 Å². The summed E-state index contributed by atoms with van der Waals surface area (Å²) in [7, 11) is 0. The average Bonchev–Trinajstić information content (AvgIpc) is 3.11. The molecular weight excluding hydrogens is 310 g/mol. The van der Waals surface area contributed by atoms with Crippen molar-refractivity contribution in [3.05, 3.63) is 45.0 Å². The highest BCUT2D eigenvalue weighted by atomic mass is 16.5. The van der Waals surface area contributed by atoms with Crippen molar-refractivity contribution in [1.29, 1.82) is 0 Å². The lowest BCUT2D eigenvalue weighted by Crippen LogP contribution is -2.36. The van der Waals surface area contributed by atoms with E-state index in [4.69, 9.17) is 9.84 Å². The van der Waals surface area contributed by atoms with Gasteiger partial charge in [0, 0.05) is 12.3 Å². The zero-order valence-corrected chi connectivity index (χ0v) is 11.8. The van der Waals surface area contributed by atoms with Crippen LogP contribution in [0.25, 0.3) is 0 Å². The predicted octanol–water partition coefficient (Wildman–Crippen LogP) is -2.89. The van der Waals surface area contributed by atoms with Gasteiger partial charge in [-0.25, -0.2) is 9.48 Å². The summed E-state index contributed by atoms with van der Waals surface area (Å²) in [5, 5.41) is 36.3. The van der Waals surface area contributed by atoms with E-state index in [0.717, 1.165) is 10.6 Å². The summed E-state index contributed by atoms with van der Waals surface area (Å²) in [4.78, 5) is 25.2. The Morgan fingerprint density at radius 2 is 2.13 bits per heavy atom. The molecule has 0 bridgehead atoms. The fraction of sp³-hybridized carbons (Fsp3) is 0.500. The van der Waals surface area contributed by atoms with Gasteiger partial charge >= 0.3 is 5.69 Å². The summed E-state index contributed by atoms with van der Waals surface area (Å²) in [5.74, 6) is 0. The molecule has 1 aliphatic heterocycles. The van der Waals surface area contributed by atoms with Crippen LogP contribution in [0.2, 0.25) is 0 Å². The number of H-pyrrole nitrogens is 1. The molecule has 3 rings (SSSR count). The maximum Gasteiger partial charge on any atom is 0.330 e. The van der Waals surface area contributed by atoms with Gasteiger partial charge in [0.2, 0.25) is 0 Å². The lowest BCUT2D eigenvalue weighted by Gasteiger charge is -2.21. The lowest BCUT2D eigenvalue weighted by molar-refractivity contribution is -0.0479. The van der Waals surface area contributed by atoms with Gasteiger partial charge in [0.1, 0.15) is 23.9 Å². The van der Waals surface area contributed by atoms with Crippen LogP contribution in [0.5, 0.6) is 0 Å². The topological polar surface area (TPSA) is 155 Å². The summed E-state index contributed by atoms with van der Waals surface area (Å²) >= 11 is 0. The normalized spacial score (nSPS) is 27.4. The largest absolute Gasteiger partial charge is 0.394 e. The number of hydrogen-bond donors (Lipinski definition) is 4. The Balaban J connectivity index is 2.05. The summed E-state index contributed by atoms with van der Waals surface area (Å²) in [6.45, 7) is -0.801. The minimum atomic E-state index is -1.17.